The van der Waals surface area contributed by atoms with E-state index in [1.165, 1.54) is 93.8 Å². The fourth-order valence-electron chi connectivity index (χ4n) is 12.5. The summed E-state index contributed by atoms with van der Waals surface area (Å²) in [6.45, 7) is 0. The van der Waals surface area contributed by atoms with Gasteiger partial charge in [-0.1, -0.05) is 194 Å². The van der Waals surface area contributed by atoms with Gasteiger partial charge in [-0.15, -0.1) is 0 Å². The molecule has 0 radical (unpaired) electrons. The van der Waals surface area contributed by atoms with E-state index in [0.717, 1.165) is 33.9 Å². The third-order valence-corrected chi connectivity index (χ3v) is 15.3. The van der Waals surface area contributed by atoms with Crippen LogP contribution < -0.4 is 4.90 Å². The SMILES string of the molecule is c1ccc(-c2ccc(-c3ccccc3N(c3ccc(-n4c5ccccc5c5ccccc54)cc3)c3cc4c5c(c3)c3ccccc3n5-c3ccccc3C43c4ccccc4-c4ccccc43)cc2)cc1. The van der Waals surface area contributed by atoms with Gasteiger partial charge < -0.3 is 14.0 Å². The Morgan fingerprint density at radius 2 is 0.786 bits per heavy atom. The van der Waals surface area contributed by atoms with E-state index in [-0.39, 0.29) is 0 Å². The van der Waals surface area contributed by atoms with Crippen molar-refractivity contribution < 1.29 is 0 Å². The van der Waals surface area contributed by atoms with Crippen LogP contribution >= 0.6 is 0 Å². The first-order valence-corrected chi connectivity index (χ1v) is 24.3. The molecule has 3 nitrogen and oxygen atoms in total. The van der Waals surface area contributed by atoms with Crippen molar-refractivity contribution in [2.45, 2.75) is 5.41 Å². The Labute approximate surface area is 406 Å². The van der Waals surface area contributed by atoms with Gasteiger partial charge >= 0.3 is 0 Å². The molecule has 0 unspecified atom stereocenters. The molecule has 326 valence electrons. The van der Waals surface area contributed by atoms with Crippen LogP contribution in [0.1, 0.15) is 22.3 Å². The van der Waals surface area contributed by atoms with Gasteiger partial charge in [-0.2, -0.15) is 0 Å². The third-order valence-electron chi connectivity index (χ3n) is 15.3. The van der Waals surface area contributed by atoms with Crippen LogP contribution in [0.15, 0.2) is 261 Å². The Bertz CT molecular complexity index is 4130. The van der Waals surface area contributed by atoms with Gasteiger partial charge in [-0.05, 0) is 117 Å². The molecule has 2 aliphatic rings. The number of rotatable bonds is 6. The fourth-order valence-corrected chi connectivity index (χ4v) is 12.5. The second kappa shape index (κ2) is 14.9. The van der Waals surface area contributed by atoms with Crippen molar-refractivity contribution in [1.82, 2.24) is 9.13 Å². The van der Waals surface area contributed by atoms with E-state index in [1.54, 1.807) is 0 Å². The lowest BCUT2D eigenvalue weighted by Gasteiger charge is -2.40. The van der Waals surface area contributed by atoms with E-state index < -0.39 is 5.41 Å². The lowest BCUT2D eigenvalue weighted by Crippen LogP contribution is -2.33. The predicted octanol–water partition coefficient (Wildman–Crippen LogP) is 17.4. The Kier molecular flexibility index (Phi) is 8.28. The standard InChI is InChI=1S/C67H43N3/c1-2-18-44(19-3-1)45-34-36-46(37-35-45)50-20-6-13-29-61(50)68(47-38-40-48(41-39-47)69-62-30-14-7-23-53(62)54-24-8-15-31-63(54)69)49-42-56-55-25-9-16-32-64(55)70-65-33-17-12-28-59(65)67(60(43-49)66(56)70)57-26-10-4-21-51(57)52-22-5-11-27-58(52)67/h1-43H. The number of aromatic nitrogens is 2. The van der Waals surface area contributed by atoms with Crippen LogP contribution in [0, 0.1) is 0 Å². The molecule has 0 amide bonds. The molecule has 0 atom stereocenters. The first-order valence-electron chi connectivity index (χ1n) is 24.3. The number of anilines is 3. The predicted molar refractivity (Wildman–Crippen MR) is 292 cm³/mol. The van der Waals surface area contributed by atoms with E-state index >= 15 is 0 Å². The van der Waals surface area contributed by atoms with Crippen molar-refractivity contribution in [2.75, 3.05) is 4.90 Å². The maximum absolute atomic E-state index is 2.54. The number of fused-ring (bicyclic) bond motifs is 15. The molecule has 13 aromatic rings. The summed E-state index contributed by atoms with van der Waals surface area (Å²) in [5.41, 5.74) is 22.4. The minimum atomic E-state index is -0.582. The van der Waals surface area contributed by atoms with Crippen LogP contribution in [0.2, 0.25) is 0 Å². The smallest absolute Gasteiger partial charge is 0.0755 e. The Morgan fingerprint density at radius 1 is 0.300 bits per heavy atom. The quantitative estimate of drug-likeness (QED) is 0.162. The number of hydrogen-bond acceptors (Lipinski definition) is 1. The van der Waals surface area contributed by atoms with Gasteiger partial charge in [0.05, 0.1) is 38.9 Å². The van der Waals surface area contributed by atoms with Crippen LogP contribution in [0.3, 0.4) is 0 Å². The van der Waals surface area contributed by atoms with Crippen LogP contribution in [-0.2, 0) is 5.41 Å². The van der Waals surface area contributed by atoms with E-state index in [2.05, 4.69) is 275 Å². The summed E-state index contributed by atoms with van der Waals surface area (Å²) < 4.78 is 4.95. The fraction of sp³-hybridized carbons (Fsp3) is 0.0149. The summed E-state index contributed by atoms with van der Waals surface area (Å²) >= 11 is 0. The lowest BCUT2D eigenvalue weighted by atomic mass is 9.65. The molecule has 11 aromatic carbocycles. The van der Waals surface area contributed by atoms with E-state index in [1.807, 2.05) is 0 Å². The highest BCUT2D eigenvalue weighted by Gasteiger charge is 2.51. The van der Waals surface area contributed by atoms with Crippen molar-refractivity contribution in [3.8, 4) is 44.8 Å². The molecule has 15 rings (SSSR count). The normalized spacial score (nSPS) is 13.0. The Balaban J connectivity index is 1.02. The zero-order chi connectivity index (χ0) is 45.9. The van der Waals surface area contributed by atoms with Crippen LogP contribution in [0.4, 0.5) is 17.1 Å². The second-order valence-corrected chi connectivity index (χ2v) is 18.8. The number of benzene rings is 11. The minimum absolute atomic E-state index is 0.582. The van der Waals surface area contributed by atoms with Crippen molar-refractivity contribution in [3.05, 3.63) is 283 Å². The number of nitrogens with zero attached hydrogens (tertiary/aromatic N) is 3. The van der Waals surface area contributed by atoms with Crippen molar-refractivity contribution in [3.63, 3.8) is 0 Å². The zero-order valence-corrected chi connectivity index (χ0v) is 38.2. The Morgan fingerprint density at radius 3 is 1.44 bits per heavy atom. The molecule has 70 heavy (non-hydrogen) atoms. The minimum Gasteiger partial charge on any atom is -0.310 e. The first-order chi connectivity index (χ1) is 34.8. The molecule has 1 aliphatic heterocycles. The van der Waals surface area contributed by atoms with Crippen LogP contribution in [-0.4, -0.2) is 9.13 Å². The molecule has 2 aromatic heterocycles. The zero-order valence-electron chi connectivity index (χ0n) is 38.2. The molecule has 0 saturated carbocycles. The molecule has 0 saturated heterocycles. The maximum atomic E-state index is 2.54. The summed E-state index contributed by atoms with van der Waals surface area (Å²) in [6.07, 6.45) is 0. The Hall–Kier alpha value is -9.18. The molecule has 3 heterocycles. The van der Waals surface area contributed by atoms with Gasteiger partial charge in [0.15, 0.2) is 0 Å². The summed E-state index contributed by atoms with van der Waals surface area (Å²) in [4.78, 5) is 2.51. The molecule has 0 N–H and O–H groups in total. The molecule has 1 spiro atoms. The van der Waals surface area contributed by atoms with E-state index in [0.29, 0.717) is 0 Å². The van der Waals surface area contributed by atoms with Gasteiger partial charge in [0, 0.05) is 44.2 Å². The van der Waals surface area contributed by atoms with Crippen molar-refractivity contribution in [2.24, 2.45) is 0 Å². The highest BCUT2D eigenvalue weighted by atomic mass is 15.1. The average Bonchev–Trinajstić information content (AvgIpc) is 4.06. The topological polar surface area (TPSA) is 13.1 Å². The number of hydrogen-bond donors (Lipinski definition) is 0. The molecule has 1 aliphatic carbocycles. The summed E-state index contributed by atoms with van der Waals surface area (Å²) in [7, 11) is 0. The second-order valence-electron chi connectivity index (χ2n) is 18.8. The first kappa shape index (κ1) is 38.9. The van der Waals surface area contributed by atoms with Crippen LogP contribution in [0.5, 0.6) is 0 Å². The van der Waals surface area contributed by atoms with Crippen molar-refractivity contribution in [1.29, 1.82) is 0 Å². The van der Waals surface area contributed by atoms with Gasteiger partial charge in [0.25, 0.3) is 0 Å². The number of para-hydroxylation sites is 5. The monoisotopic (exact) mass is 889 g/mol. The third kappa shape index (κ3) is 5.34. The average molecular weight is 890 g/mol. The van der Waals surface area contributed by atoms with Gasteiger partial charge in [-0.3, -0.25) is 0 Å². The largest absolute Gasteiger partial charge is 0.310 e. The van der Waals surface area contributed by atoms with Gasteiger partial charge in [0.1, 0.15) is 0 Å². The highest BCUT2D eigenvalue weighted by molar-refractivity contribution is 6.15. The van der Waals surface area contributed by atoms with E-state index in [9.17, 15) is 0 Å². The van der Waals surface area contributed by atoms with Crippen LogP contribution in [0.25, 0.3) is 88.4 Å². The molecular weight excluding hydrogens is 847 g/mol. The summed E-state index contributed by atoms with van der Waals surface area (Å²) in [5, 5.41) is 4.97. The molecule has 3 heteroatoms. The van der Waals surface area contributed by atoms with Gasteiger partial charge in [0.2, 0.25) is 0 Å². The maximum Gasteiger partial charge on any atom is 0.0755 e. The molecular formula is C67H43N3. The molecule has 0 bridgehead atoms. The summed E-state index contributed by atoms with van der Waals surface area (Å²) in [6, 6.07) is 96.8. The molecule has 0 fully saturated rings. The van der Waals surface area contributed by atoms with Crippen molar-refractivity contribution >= 4 is 60.7 Å². The van der Waals surface area contributed by atoms with E-state index in [4.69, 9.17) is 0 Å². The highest BCUT2D eigenvalue weighted by Crippen LogP contribution is 2.62. The van der Waals surface area contributed by atoms with Gasteiger partial charge in [-0.25, -0.2) is 0 Å². The summed E-state index contributed by atoms with van der Waals surface area (Å²) in [5.74, 6) is 0. The lowest BCUT2D eigenvalue weighted by molar-refractivity contribution is 0.748.